The molecule has 1 fully saturated rings. The number of aryl methyl sites for hydroxylation is 2. The molecule has 4 heterocycles. The molecule has 28 heavy (non-hydrogen) atoms. The largest absolute Gasteiger partial charge is 0.433 e. The van der Waals surface area contributed by atoms with Crippen molar-refractivity contribution in [3.05, 3.63) is 53.0 Å². The molecule has 1 saturated heterocycles. The Morgan fingerprint density at radius 3 is 2.61 bits per heavy atom. The SMILES string of the molecule is Cc1cc(C(F)(F)F)n2nc([C@H]3CCCN(Cc4cnc(C)nc4)C3)cc2n1. The van der Waals surface area contributed by atoms with Crippen LogP contribution < -0.4 is 0 Å². The van der Waals surface area contributed by atoms with Crippen LogP contribution in [0.25, 0.3) is 5.65 Å². The molecule has 0 amide bonds. The minimum absolute atomic E-state index is 0.0724. The summed E-state index contributed by atoms with van der Waals surface area (Å²) in [5.41, 5.74) is 1.47. The van der Waals surface area contributed by atoms with E-state index in [0.717, 1.165) is 54.4 Å². The van der Waals surface area contributed by atoms with Crippen molar-refractivity contribution in [3.8, 4) is 0 Å². The maximum atomic E-state index is 13.4. The van der Waals surface area contributed by atoms with Crippen LogP contribution in [0.3, 0.4) is 0 Å². The second-order valence-electron chi connectivity index (χ2n) is 7.33. The fourth-order valence-corrected chi connectivity index (χ4v) is 3.72. The molecule has 1 atom stereocenters. The van der Waals surface area contributed by atoms with Crippen LogP contribution in [-0.4, -0.2) is 42.6 Å². The number of nitrogens with zero attached hydrogens (tertiary/aromatic N) is 6. The molecule has 1 aliphatic heterocycles. The summed E-state index contributed by atoms with van der Waals surface area (Å²) in [6, 6.07) is 2.72. The van der Waals surface area contributed by atoms with Gasteiger partial charge < -0.3 is 0 Å². The predicted octanol–water partition coefficient (Wildman–Crippen LogP) is 3.53. The van der Waals surface area contributed by atoms with Gasteiger partial charge in [0.1, 0.15) is 11.5 Å². The monoisotopic (exact) mass is 390 g/mol. The highest BCUT2D eigenvalue weighted by Gasteiger charge is 2.35. The summed E-state index contributed by atoms with van der Waals surface area (Å²) in [6.07, 6.45) is 1.02. The fourth-order valence-electron chi connectivity index (χ4n) is 3.72. The van der Waals surface area contributed by atoms with Crippen LogP contribution in [-0.2, 0) is 12.7 Å². The molecule has 1 aliphatic rings. The molecule has 3 aromatic heterocycles. The van der Waals surface area contributed by atoms with Crippen molar-refractivity contribution in [1.29, 1.82) is 0 Å². The van der Waals surface area contributed by atoms with E-state index in [1.54, 1.807) is 13.0 Å². The van der Waals surface area contributed by atoms with Crippen molar-refractivity contribution < 1.29 is 13.2 Å². The van der Waals surface area contributed by atoms with Crippen molar-refractivity contribution in [2.75, 3.05) is 13.1 Å². The van der Waals surface area contributed by atoms with Gasteiger partial charge in [0.2, 0.25) is 0 Å². The zero-order chi connectivity index (χ0) is 19.9. The number of likely N-dealkylation sites (tertiary alicyclic amines) is 1. The maximum Gasteiger partial charge on any atom is 0.433 e. The molecule has 6 nitrogen and oxygen atoms in total. The van der Waals surface area contributed by atoms with Gasteiger partial charge in [0.15, 0.2) is 5.65 Å². The van der Waals surface area contributed by atoms with Gasteiger partial charge >= 0.3 is 6.18 Å². The zero-order valence-corrected chi connectivity index (χ0v) is 15.7. The van der Waals surface area contributed by atoms with Crippen molar-refractivity contribution in [3.63, 3.8) is 0 Å². The Hall–Kier alpha value is -2.55. The maximum absolute atomic E-state index is 13.4. The summed E-state index contributed by atoms with van der Waals surface area (Å²) >= 11 is 0. The molecule has 0 aliphatic carbocycles. The molecule has 0 saturated carbocycles. The molecular formula is C19H21F3N6. The lowest BCUT2D eigenvalue weighted by atomic mass is 9.94. The molecular weight excluding hydrogens is 369 g/mol. The first-order chi connectivity index (χ1) is 13.3. The molecule has 0 N–H and O–H groups in total. The van der Waals surface area contributed by atoms with E-state index in [4.69, 9.17) is 0 Å². The summed E-state index contributed by atoms with van der Waals surface area (Å²) in [4.78, 5) is 15.0. The lowest BCUT2D eigenvalue weighted by Crippen LogP contribution is -2.34. The number of piperidine rings is 1. The highest BCUT2D eigenvalue weighted by Crippen LogP contribution is 2.32. The summed E-state index contributed by atoms with van der Waals surface area (Å²) < 4.78 is 41.0. The van der Waals surface area contributed by atoms with E-state index in [0.29, 0.717) is 11.4 Å². The second kappa shape index (κ2) is 7.12. The van der Waals surface area contributed by atoms with Gasteiger partial charge in [-0.25, -0.2) is 19.5 Å². The molecule has 0 radical (unpaired) electrons. The lowest BCUT2D eigenvalue weighted by Gasteiger charge is -2.31. The smallest absolute Gasteiger partial charge is 0.298 e. The number of fused-ring (bicyclic) bond motifs is 1. The fraction of sp³-hybridized carbons (Fsp3) is 0.474. The lowest BCUT2D eigenvalue weighted by molar-refractivity contribution is -0.142. The minimum Gasteiger partial charge on any atom is -0.298 e. The summed E-state index contributed by atoms with van der Waals surface area (Å²) in [5, 5.41) is 4.28. The van der Waals surface area contributed by atoms with Crippen molar-refractivity contribution in [1.82, 2.24) is 29.5 Å². The Bertz CT molecular complexity index is 980. The Labute approximate surface area is 160 Å². The van der Waals surface area contributed by atoms with Gasteiger partial charge in [-0.1, -0.05) is 0 Å². The van der Waals surface area contributed by atoms with Crippen LogP contribution in [0.1, 0.15) is 47.2 Å². The molecule has 9 heteroatoms. The van der Waals surface area contributed by atoms with Crippen LogP contribution in [0.15, 0.2) is 24.5 Å². The minimum atomic E-state index is -4.47. The van der Waals surface area contributed by atoms with Gasteiger partial charge in [0, 0.05) is 48.7 Å². The van der Waals surface area contributed by atoms with Crippen LogP contribution >= 0.6 is 0 Å². The number of aromatic nitrogens is 5. The average molecular weight is 390 g/mol. The number of alkyl halides is 3. The van der Waals surface area contributed by atoms with Crippen LogP contribution in [0.4, 0.5) is 13.2 Å². The first-order valence-corrected chi connectivity index (χ1v) is 9.24. The van der Waals surface area contributed by atoms with Gasteiger partial charge in [0.25, 0.3) is 0 Å². The third-order valence-electron chi connectivity index (χ3n) is 5.03. The van der Waals surface area contributed by atoms with Gasteiger partial charge in [-0.15, -0.1) is 0 Å². The van der Waals surface area contributed by atoms with Crippen molar-refractivity contribution in [2.45, 2.75) is 45.3 Å². The van der Waals surface area contributed by atoms with Gasteiger partial charge in [-0.2, -0.15) is 18.3 Å². The second-order valence-corrected chi connectivity index (χ2v) is 7.33. The Morgan fingerprint density at radius 2 is 1.89 bits per heavy atom. The van der Waals surface area contributed by atoms with Gasteiger partial charge in [-0.3, -0.25) is 4.90 Å². The normalized spacial score (nSPS) is 18.7. The predicted molar refractivity (Wildman–Crippen MR) is 96.7 cm³/mol. The topological polar surface area (TPSA) is 59.2 Å². The quantitative estimate of drug-likeness (QED) is 0.685. The Kier molecular flexibility index (Phi) is 4.78. The van der Waals surface area contributed by atoms with E-state index in [1.807, 2.05) is 19.3 Å². The molecule has 0 spiro atoms. The molecule has 3 aromatic rings. The van der Waals surface area contributed by atoms with E-state index in [9.17, 15) is 13.2 Å². The van der Waals surface area contributed by atoms with E-state index >= 15 is 0 Å². The van der Waals surface area contributed by atoms with Crippen molar-refractivity contribution in [2.24, 2.45) is 0 Å². The molecule has 0 aromatic carbocycles. The summed E-state index contributed by atoms with van der Waals surface area (Å²) in [5.74, 6) is 0.802. The summed E-state index contributed by atoms with van der Waals surface area (Å²) in [7, 11) is 0. The highest BCUT2D eigenvalue weighted by atomic mass is 19.4. The third-order valence-corrected chi connectivity index (χ3v) is 5.03. The number of halogens is 3. The van der Waals surface area contributed by atoms with Crippen LogP contribution in [0, 0.1) is 13.8 Å². The number of rotatable bonds is 3. The van der Waals surface area contributed by atoms with E-state index in [-0.39, 0.29) is 11.6 Å². The molecule has 4 rings (SSSR count). The van der Waals surface area contributed by atoms with Crippen molar-refractivity contribution >= 4 is 5.65 Å². The van der Waals surface area contributed by atoms with Gasteiger partial charge in [-0.05, 0) is 39.3 Å². The molecule has 0 bridgehead atoms. The van der Waals surface area contributed by atoms with Crippen LogP contribution in [0.2, 0.25) is 0 Å². The summed E-state index contributed by atoms with van der Waals surface area (Å²) in [6.45, 7) is 5.79. The van der Waals surface area contributed by atoms with E-state index in [1.165, 1.54) is 0 Å². The zero-order valence-electron chi connectivity index (χ0n) is 15.7. The molecule has 148 valence electrons. The average Bonchev–Trinajstić information content (AvgIpc) is 3.06. The standard InChI is InChI=1S/C19H21F3N6/c1-12-6-17(19(20,21)22)28-18(25-12)7-16(26-28)15-4-3-5-27(11-15)10-14-8-23-13(2)24-9-14/h6-9,15H,3-5,10-11H2,1-2H3/t15-/m0/s1. The Morgan fingerprint density at radius 1 is 1.14 bits per heavy atom. The molecule has 0 unspecified atom stereocenters. The van der Waals surface area contributed by atoms with Crippen LogP contribution in [0.5, 0.6) is 0 Å². The van der Waals surface area contributed by atoms with E-state index < -0.39 is 11.9 Å². The number of hydrogen-bond donors (Lipinski definition) is 0. The number of hydrogen-bond acceptors (Lipinski definition) is 5. The third kappa shape index (κ3) is 3.84. The van der Waals surface area contributed by atoms with E-state index in [2.05, 4.69) is 25.0 Å². The Balaban J connectivity index is 1.58. The van der Waals surface area contributed by atoms with Gasteiger partial charge in [0.05, 0.1) is 5.69 Å². The highest BCUT2D eigenvalue weighted by molar-refractivity contribution is 5.43. The first kappa shape index (κ1) is 18.8. The first-order valence-electron chi connectivity index (χ1n) is 9.24.